The number of para-hydroxylation sites is 2. The van der Waals surface area contributed by atoms with Crippen molar-refractivity contribution in [1.82, 2.24) is 10.2 Å². The van der Waals surface area contributed by atoms with Crippen LogP contribution >= 0.6 is 23.5 Å². The molecule has 5 rings (SSSR count). The lowest BCUT2D eigenvalue weighted by molar-refractivity contribution is -0.121. The number of benzene rings is 2. The van der Waals surface area contributed by atoms with E-state index in [2.05, 4.69) is 63.6 Å². The minimum Gasteiger partial charge on any atom is -0.379 e. The Bertz CT molecular complexity index is 881. The van der Waals surface area contributed by atoms with E-state index < -0.39 is 0 Å². The number of hydrogen-bond acceptors (Lipinski definition) is 6. The van der Waals surface area contributed by atoms with E-state index in [0.29, 0.717) is 13.0 Å². The summed E-state index contributed by atoms with van der Waals surface area (Å²) >= 11 is 3.81. The Morgan fingerprint density at radius 1 is 1.03 bits per heavy atom. The van der Waals surface area contributed by atoms with Crippen molar-refractivity contribution >= 4 is 40.8 Å². The molecule has 7 heteroatoms. The van der Waals surface area contributed by atoms with Crippen LogP contribution in [0.3, 0.4) is 0 Å². The van der Waals surface area contributed by atoms with Crippen molar-refractivity contribution in [2.24, 2.45) is 0 Å². The fraction of sp³-hybridized carbons (Fsp3) is 0.458. The summed E-state index contributed by atoms with van der Waals surface area (Å²) in [7, 11) is 0. The van der Waals surface area contributed by atoms with Gasteiger partial charge in [0.05, 0.1) is 24.6 Å². The number of nitrogens with one attached hydrogen (secondary N) is 1. The van der Waals surface area contributed by atoms with Crippen LogP contribution in [0.25, 0.3) is 0 Å². The highest BCUT2D eigenvalue weighted by Gasteiger charge is 2.40. The molecule has 0 spiro atoms. The van der Waals surface area contributed by atoms with Gasteiger partial charge in [0.1, 0.15) is 0 Å². The quantitative estimate of drug-likeness (QED) is 0.710. The number of hydrogen-bond donors (Lipinski definition) is 1. The molecule has 3 heterocycles. The molecule has 0 aliphatic carbocycles. The minimum absolute atomic E-state index is 0.0884. The predicted molar refractivity (Wildman–Crippen MR) is 129 cm³/mol. The maximum atomic E-state index is 12.9. The molecule has 31 heavy (non-hydrogen) atoms. The monoisotopic (exact) mass is 455 g/mol. The molecular formula is C24H29N3O2S2. The fourth-order valence-electron chi connectivity index (χ4n) is 4.72. The van der Waals surface area contributed by atoms with Crippen molar-refractivity contribution in [3.05, 3.63) is 48.5 Å². The molecule has 3 aliphatic heterocycles. The standard InChI is InChI=1S/C24H29N3O2S2/c28-23(25-17-24(10-16-30-18-24)26-12-14-29-15-13-26)9-11-27-19-5-1-3-7-21(19)31-22-8-4-2-6-20(22)27/h1-8H,9-18H2,(H,25,28). The summed E-state index contributed by atoms with van der Waals surface area (Å²) < 4.78 is 5.55. The second-order valence-electron chi connectivity index (χ2n) is 8.34. The number of morpholine rings is 1. The van der Waals surface area contributed by atoms with E-state index in [0.717, 1.165) is 45.0 Å². The molecule has 2 aromatic carbocycles. The zero-order valence-electron chi connectivity index (χ0n) is 17.7. The van der Waals surface area contributed by atoms with Crippen LogP contribution in [0.4, 0.5) is 11.4 Å². The number of carbonyl (C=O) groups excluding carboxylic acids is 1. The number of amides is 1. The number of anilines is 2. The first-order chi connectivity index (χ1) is 15.3. The highest BCUT2D eigenvalue weighted by Crippen LogP contribution is 2.47. The van der Waals surface area contributed by atoms with Gasteiger partial charge in [-0.05, 0) is 36.4 Å². The van der Waals surface area contributed by atoms with Gasteiger partial charge in [0.15, 0.2) is 0 Å². The first-order valence-corrected chi connectivity index (χ1v) is 13.0. The molecule has 2 saturated heterocycles. The van der Waals surface area contributed by atoms with E-state index in [9.17, 15) is 4.79 Å². The zero-order chi connectivity index (χ0) is 21.1. The predicted octanol–water partition coefficient (Wildman–Crippen LogP) is 4.00. The number of fused-ring (bicyclic) bond motifs is 2. The van der Waals surface area contributed by atoms with Gasteiger partial charge in [-0.3, -0.25) is 9.69 Å². The zero-order valence-corrected chi connectivity index (χ0v) is 19.4. The van der Waals surface area contributed by atoms with Gasteiger partial charge in [-0.2, -0.15) is 11.8 Å². The molecule has 1 N–H and O–H groups in total. The minimum atomic E-state index is 0.0884. The third-order valence-electron chi connectivity index (χ3n) is 6.47. The molecule has 1 amide bonds. The van der Waals surface area contributed by atoms with E-state index in [4.69, 9.17) is 4.74 Å². The molecule has 2 aromatic rings. The van der Waals surface area contributed by atoms with Gasteiger partial charge in [0, 0.05) is 53.7 Å². The Balaban J connectivity index is 1.24. The first-order valence-electron chi connectivity index (χ1n) is 11.1. The average Bonchev–Trinajstić information content (AvgIpc) is 3.31. The van der Waals surface area contributed by atoms with Crippen molar-refractivity contribution in [2.75, 3.05) is 55.8 Å². The summed E-state index contributed by atoms with van der Waals surface area (Å²) in [5.74, 6) is 2.40. The Hall–Kier alpha value is -1.67. The fourth-order valence-corrected chi connectivity index (χ4v) is 7.30. The van der Waals surface area contributed by atoms with Gasteiger partial charge < -0.3 is 15.0 Å². The average molecular weight is 456 g/mol. The SMILES string of the molecule is O=C(CCN1c2ccccc2Sc2ccccc21)NCC1(N2CCOCC2)CCSC1. The molecule has 0 saturated carbocycles. The van der Waals surface area contributed by atoms with Crippen LogP contribution in [0.15, 0.2) is 58.3 Å². The number of rotatable bonds is 6. The lowest BCUT2D eigenvalue weighted by Gasteiger charge is -2.43. The summed E-state index contributed by atoms with van der Waals surface area (Å²) in [5.41, 5.74) is 2.47. The summed E-state index contributed by atoms with van der Waals surface area (Å²) in [6.07, 6.45) is 1.63. The molecule has 3 aliphatic rings. The van der Waals surface area contributed by atoms with Gasteiger partial charge in [-0.25, -0.2) is 0 Å². The number of thioether (sulfide) groups is 1. The van der Waals surface area contributed by atoms with Crippen LogP contribution in [-0.4, -0.2) is 67.2 Å². The number of nitrogens with zero attached hydrogens (tertiary/aromatic N) is 2. The van der Waals surface area contributed by atoms with Crippen LogP contribution < -0.4 is 10.2 Å². The summed E-state index contributed by atoms with van der Waals surface area (Å²) in [5, 5.41) is 3.28. The molecule has 1 atom stereocenters. The van der Waals surface area contributed by atoms with Crippen LogP contribution in [-0.2, 0) is 9.53 Å². The molecule has 0 bridgehead atoms. The molecule has 5 nitrogen and oxygen atoms in total. The maximum absolute atomic E-state index is 12.9. The second-order valence-corrected chi connectivity index (χ2v) is 10.5. The van der Waals surface area contributed by atoms with Gasteiger partial charge in [0.2, 0.25) is 5.91 Å². The van der Waals surface area contributed by atoms with Gasteiger partial charge in [-0.15, -0.1) is 0 Å². The maximum Gasteiger partial charge on any atom is 0.221 e. The Labute approximate surface area is 192 Å². The highest BCUT2D eigenvalue weighted by molar-refractivity contribution is 8.00. The van der Waals surface area contributed by atoms with E-state index in [-0.39, 0.29) is 11.4 Å². The van der Waals surface area contributed by atoms with E-state index >= 15 is 0 Å². The molecule has 164 valence electrons. The van der Waals surface area contributed by atoms with E-state index in [1.54, 1.807) is 11.8 Å². The molecular weight excluding hydrogens is 426 g/mol. The lowest BCUT2D eigenvalue weighted by atomic mass is 9.95. The van der Waals surface area contributed by atoms with Gasteiger partial charge in [0.25, 0.3) is 0 Å². The van der Waals surface area contributed by atoms with Crippen molar-refractivity contribution in [3.8, 4) is 0 Å². The summed E-state index contributed by atoms with van der Waals surface area (Å²) in [4.78, 5) is 20.2. The van der Waals surface area contributed by atoms with Crippen molar-refractivity contribution in [1.29, 1.82) is 0 Å². The van der Waals surface area contributed by atoms with Crippen LogP contribution in [0.1, 0.15) is 12.8 Å². The third-order valence-corrected chi connectivity index (χ3v) is 8.84. The summed E-state index contributed by atoms with van der Waals surface area (Å²) in [6.45, 7) is 4.95. The Kier molecular flexibility index (Phi) is 6.46. The van der Waals surface area contributed by atoms with E-state index in [1.165, 1.54) is 26.9 Å². The van der Waals surface area contributed by atoms with Gasteiger partial charge in [-0.1, -0.05) is 36.0 Å². The first kappa shape index (κ1) is 21.2. The summed E-state index contributed by atoms with van der Waals surface area (Å²) in [6, 6.07) is 16.9. The van der Waals surface area contributed by atoms with Gasteiger partial charge >= 0.3 is 0 Å². The van der Waals surface area contributed by atoms with Crippen LogP contribution in [0.2, 0.25) is 0 Å². The molecule has 1 unspecified atom stereocenters. The van der Waals surface area contributed by atoms with Crippen molar-refractivity contribution < 1.29 is 9.53 Å². The number of carbonyl (C=O) groups is 1. The highest BCUT2D eigenvalue weighted by atomic mass is 32.2. The molecule has 0 aromatic heterocycles. The van der Waals surface area contributed by atoms with Crippen molar-refractivity contribution in [3.63, 3.8) is 0 Å². The smallest absolute Gasteiger partial charge is 0.221 e. The Morgan fingerprint density at radius 2 is 1.71 bits per heavy atom. The topological polar surface area (TPSA) is 44.8 Å². The van der Waals surface area contributed by atoms with E-state index in [1.807, 2.05) is 11.8 Å². The normalized spacial score (nSPS) is 23.3. The van der Waals surface area contributed by atoms with Crippen LogP contribution in [0.5, 0.6) is 0 Å². The second kappa shape index (κ2) is 9.45. The lowest BCUT2D eigenvalue weighted by Crippen LogP contribution is -2.59. The number of ether oxygens (including phenoxy) is 1. The van der Waals surface area contributed by atoms with Crippen molar-refractivity contribution in [2.45, 2.75) is 28.2 Å². The molecule has 0 radical (unpaired) electrons. The van der Waals surface area contributed by atoms with Crippen LogP contribution in [0, 0.1) is 0 Å². The third kappa shape index (κ3) is 4.46. The Morgan fingerprint density at radius 3 is 2.35 bits per heavy atom. The largest absolute Gasteiger partial charge is 0.379 e. The molecule has 2 fully saturated rings.